The molecule has 0 aromatic heterocycles. The Balaban J connectivity index is 2.18. The van der Waals surface area contributed by atoms with Crippen LogP contribution < -0.4 is 4.90 Å². The predicted octanol–water partition coefficient (Wildman–Crippen LogP) is 3.71. The third-order valence-corrected chi connectivity index (χ3v) is 3.91. The maximum Gasteiger partial charge on any atom is 0.147 e. The lowest BCUT2D eigenvalue weighted by molar-refractivity contribution is 0.335. The minimum Gasteiger partial charge on any atom is -0.369 e. The monoisotopic (exact) mass is 246 g/mol. The second kappa shape index (κ2) is 5.39. The van der Waals surface area contributed by atoms with E-state index >= 15 is 0 Å². The van der Waals surface area contributed by atoms with Gasteiger partial charge in [0.2, 0.25) is 0 Å². The fourth-order valence-corrected chi connectivity index (χ4v) is 2.81. The lowest BCUT2D eigenvalue weighted by Gasteiger charge is -2.35. The van der Waals surface area contributed by atoms with Gasteiger partial charge in [-0.2, -0.15) is 5.26 Å². The van der Waals surface area contributed by atoms with Gasteiger partial charge in [0.05, 0.1) is 17.3 Å². The molecule has 18 heavy (non-hydrogen) atoms. The molecular weight excluding hydrogens is 227 g/mol. The fraction of sp³-hybridized carbons (Fsp3) is 0.533. The fourth-order valence-electron chi connectivity index (χ4n) is 2.81. The molecule has 2 rings (SSSR count). The van der Waals surface area contributed by atoms with Crippen LogP contribution in [0.15, 0.2) is 18.2 Å². The summed E-state index contributed by atoms with van der Waals surface area (Å²) in [6.07, 6.45) is 4.74. The number of hydrogen-bond donors (Lipinski definition) is 0. The molecule has 0 aliphatic heterocycles. The van der Waals surface area contributed by atoms with Gasteiger partial charge in [-0.1, -0.05) is 19.8 Å². The summed E-state index contributed by atoms with van der Waals surface area (Å²) in [5, 5.41) is 8.74. The van der Waals surface area contributed by atoms with E-state index in [1.807, 2.05) is 18.0 Å². The Kier molecular flexibility index (Phi) is 3.86. The number of rotatable bonds is 2. The van der Waals surface area contributed by atoms with Gasteiger partial charge in [0.1, 0.15) is 5.82 Å². The van der Waals surface area contributed by atoms with Crippen LogP contribution >= 0.6 is 0 Å². The van der Waals surface area contributed by atoms with Crippen molar-refractivity contribution in [2.75, 3.05) is 11.9 Å². The first-order valence-electron chi connectivity index (χ1n) is 6.54. The van der Waals surface area contributed by atoms with Gasteiger partial charge in [0, 0.05) is 13.1 Å². The Hall–Kier alpha value is -1.56. The average Bonchev–Trinajstić information content (AvgIpc) is 2.37. The maximum absolute atomic E-state index is 13.9. The summed E-state index contributed by atoms with van der Waals surface area (Å²) in [6.45, 7) is 2.26. The Bertz CT molecular complexity index is 464. The highest BCUT2D eigenvalue weighted by Gasteiger charge is 2.24. The topological polar surface area (TPSA) is 27.0 Å². The first kappa shape index (κ1) is 12.9. The summed E-state index contributed by atoms with van der Waals surface area (Å²) >= 11 is 0. The third-order valence-electron chi connectivity index (χ3n) is 3.91. The quantitative estimate of drug-likeness (QED) is 0.795. The molecule has 0 saturated heterocycles. The molecule has 96 valence electrons. The molecule has 1 aromatic rings. The summed E-state index contributed by atoms with van der Waals surface area (Å²) in [5.41, 5.74) is 0.981. The van der Waals surface area contributed by atoms with E-state index in [1.165, 1.54) is 18.9 Å². The highest BCUT2D eigenvalue weighted by molar-refractivity contribution is 5.51. The van der Waals surface area contributed by atoms with Crippen molar-refractivity contribution in [1.29, 1.82) is 5.26 Å². The van der Waals surface area contributed by atoms with E-state index in [0.29, 0.717) is 23.2 Å². The molecule has 1 saturated carbocycles. The van der Waals surface area contributed by atoms with E-state index in [1.54, 1.807) is 12.1 Å². The minimum atomic E-state index is -0.297. The molecular formula is C15H19FN2. The number of hydrogen-bond acceptors (Lipinski definition) is 2. The largest absolute Gasteiger partial charge is 0.369 e. The molecule has 0 radical (unpaired) electrons. The zero-order valence-corrected chi connectivity index (χ0v) is 11.0. The highest BCUT2D eigenvalue weighted by atomic mass is 19.1. The van der Waals surface area contributed by atoms with Crippen LogP contribution in [-0.2, 0) is 0 Å². The second-order valence-corrected chi connectivity index (χ2v) is 5.31. The molecule has 2 nitrogen and oxygen atoms in total. The smallest absolute Gasteiger partial charge is 0.147 e. The summed E-state index contributed by atoms with van der Waals surface area (Å²) in [6, 6.07) is 7.09. The number of nitrogens with zero attached hydrogens (tertiary/aromatic N) is 2. The van der Waals surface area contributed by atoms with Crippen molar-refractivity contribution in [3.8, 4) is 6.07 Å². The van der Waals surface area contributed by atoms with E-state index < -0.39 is 0 Å². The van der Waals surface area contributed by atoms with Crippen molar-refractivity contribution in [2.45, 2.75) is 38.6 Å². The molecule has 3 heteroatoms. The zero-order chi connectivity index (χ0) is 13.1. The van der Waals surface area contributed by atoms with Crippen LogP contribution in [0.3, 0.4) is 0 Å². The normalized spacial score (nSPS) is 23.4. The average molecular weight is 246 g/mol. The van der Waals surface area contributed by atoms with Crippen LogP contribution in [0.25, 0.3) is 0 Å². The van der Waals surface area contributed by atoms with Gasteiger partial charge in [0.15, 0.2) is 0 Å². The first-order valence-corrected chi connectivity index (χ1v) is 6.54. The van der Waals surface area contributed by atoms with Gasteiger partial charge < -0.3 is 4.90 Å². The van der Waals surface area contributed by atoms with Gasteiger partial charge >= 0.3 is 0 Å². The molecule has 1 aliphatic carbocycles. The summed E-state index contributed by atoms with van der Waals surface area (Å²) in [7, 11) is 1.95. The predicted molar refractivity (Wildman–Crippen MR) is 70.9 cm³/mol. The summed E-state index contributed by atoms with van der Waals surface area (Å²) in [5.74, 6) is 0.419. The number of nitriles is 1. The Morgan fingerprint density at radius 1 is 1.39 bits per heavy atom. The van der Waals surface area contributed by atoms with Crippen molar-refractivity contribution in [1.82, 2.24) is 0 Å². The Morgan fingerprint density at radius 3 is 2.78 bits per heavy atom. The van der Waals surface area contributed by atoms with Crippen molar-refractivity contribution < 1.29 is 4.39 Å². The van der Waals surface area contributed by atoms with Crippen LogP contribution in [0.1, 0.15) is 38.2 Å². The van der Waals surface area contributed by atoms with Crippen molar-refractivity contribution in [3.63, 3.8) is 0 Å². The third kappa shape index (κ3) is 2.64. The second-order valence-electron chi connectivity index (χ2n) is 5.31. The lowest BCUT2D eigenvalue weighted by atomic mass is 9.86. The van der Waals surface area contributed by atoms with Crippen LogP contribution in [0, 0.1) is 23.1 Å². The summed E-state index contributed by atoms with van der Waals surface area (Å²) < 4.78 is 13.9. The number of halogens is 1. The van der Waals surface area contributed by atoms with Crippen LogP contribution in [0.2, 0.25) is 0 Å². The number of benzene rings is 1. The van der Waals surface area contributed by atoms with E-state index in [0.717, 1.165) is 12.8 Å². The molecule has 0 bridgehead atoms. The van der Waals surface area contributed by atoms with Gasteiger partial charge in [-0.25, -0.2) is 4.39 Å². The van der Waals surface area contributed by atoms with Crippen molar-refractivity contribution in [3.05, 3.63) is 29.6 Å². The van der Waals surface area contributed by atoms with Gasteiger partial charge in [-0.05, 0) is 37.0 Å². The molecule has 0 amide bonds. The van der Waals surface area contributed by atoms with E-state index in [4.69, 9.17) is 5.26 Å². The van der Waals surface area contributed by atoms with Gasteiger partial charge in [-0.3, -0.25) is 0 Å². The molecule has 0 N–H and O–H groups in total. The maximum atomic E-state index is 13.9. The van der Waals surface area contributed by atoms with E-state index in [2.05, 4.69) is 6.92 Å². The minimum absolute atomic E-state index is 0.297. The first-order chi connectivity index (χ1) is 8.61. The molecule has 1 fully saturated rings. The Morgan fingerprint density at radius 2 is 2.17 bits per heavy atom. The summed E-state index contributed by atoms with van der Waals surface area (Å²) in [4.78, 5) is 2.03. The molecule has 0 heterocycles. The zero-order valence-electron chi connectivity index (χ0n) is 11.0. The Labute approximate surface area is 108 Å². The van der Waals surface area contributed by atoms with E-state index in [-0.39, 0.29) is 5.82 Å². The van der Waals surface area contributed by atoms with E-state index in [9.17, 15) is 4.39 Å². The van der Waals surface area contributed by atoms with Gasteiger partial charge in [0.25, 0.3) is 0 Å². The van der Waals surface area contributed by atoms with Crippen molar-refractivity contribution in [2.24, 2.45) is 5.92 Å². The standard InChI is InChI=1S/C15H19FN2/c1-11-4-3-5-13(8-11)18(2)15-7-6-12(10-17)9-14(15)16/h6-7,9,11,13H,3-5,8H2,1-2H3. The molecule has 1 aromatic carbocycles. The van der Waals surface area contributed by atoms with Crippen LogP contribution in [0.5, 0.6) is 0 Å². The van der Waals surface area contributed by atoms with Crippen LogP contribution in [-0.4, -0.2) is 13.1 Å². The van der Waals surface area contributed by atoms with Gasteiger partial charge in [-0.15, -0.1) is 0 Å². The molecule has 2 unspecified atom stereocenters. The lowest BCUT2D eigenvalue weighted by Crippen LogP contribution is -2.36. The molecule has 2 atom stereocenters. The van der Waals surface area contributed by atoms with Crippen LogP contribution in [0.4, 0.5) is 10.1 Å². The van der Waals surface area contributed by atoms with Crippen molar-refractivity contribution >= 4 is 5.69 Å². The molecule has 1 aliphatic rings. The molecule has 0 spiro atoms. The number of anilines is 1. The highest BCUT2D eigenvalue weighted by Crippen LogP contribution is 2.30. The SMILES string of the molecule is CC1CCCC(N(C)c2ccc(C#N)cc2F)C1.